The quantitative estimate of drug-likeness (QED) is 0.657. The summed E-state index contributed by atoms with van der Waals surface area (Å²) < 4.78 is 5.07. The van der Waals surface area contributed by atoms with Gasteiger partial charge >= 0.3 is 0 Å². The first kappa shape index (κ1) is 15.3. The maximum absolute atomic E-state index is 11.9. The molecule has 0 heterocycles. The van der Waals surface area contributed by atoms with E-state index in [1.165, 1.54) is 11.8 Å². The van der Waals surface area contributed by atoms with Crippen molar-refractivity contribution >= 4 is 29.0 Å². The van der Waals surface area contributed by atoms with E-state index in [-0.39, 0.29) is 5.91 Å². The largest absolute Gasteiger partial charge is 0.497 e. The van der Waals surface area contributed by atoms with Crippen molar-refractivity contribution in [2.75, 3.05) is 23.9 Å². The van der Waals surface area contributed by atoms with E-state index in [1.54, 1.807) is 19.2 Å². The van der Waals surface area contributed by atoms with Crippen LogP contribution in [0.25, 0.3) is 0 Å². The minimum Gasteiger partial charge on any atom is -0.497 e. The van der Waals surface area contributed by atoms with Crippen molar-refractivity contribution in [2.45, 2.75) is 11.8 Å². The van der Waals surface area contributed by atoms with Crippen molar-refractivity contribution in [2.24, 2.45) is 0 Å². The van der Waals surface area contributed by atoms with Gasteiger partial charge in [0, 0.05) is 16.3 Å². The Labute approximate surface area is 128 Å². The van der Waals surface area contributed by atoms with Crippen molar-refractivity contribution < 1.29 is 9.53 Å². The molecule has 0 bridgehead atoms. The van der Waals surface area contributed by atoms with E-state index in [4.69, 9.17) is 10.5 Å². The van der Waals surface area contributed by atoms with Crippen LogP contribution in [0.1, 0.15) is 5.56 Å². The molecule has 0 saturated carbocycles. The molecule has 0 spiro atoms. The molecule has 5 heteroatoms. The maximum Gasteiger partial charge on any atom is 0.234 e. The van der Waals surface area contributed by atoms with Gasteiger partial charge in [-0.25, -0.2) is 0 Å². The second-order valence-electron chi connectivity index (χ2n) is 4.55. The summed E-state index contributed by atoms with van der Waals surface area (Å²) in [6.07, 6.45) is 0. The van der Waals surface area contributed by atoms with Gasteiger partial charge in [0.2, 0.25) is 5.91 Å². The zero-order valence-electron chi connectivity index (χ0n) is 12.1. The third-order valence-electron chi connectivity index (χ3n) is 3.02. The SMILES string of the molecule is COc1ccc(NC(=O)CSc2cccc(C)c2N)cc1. The number of hydrogen-bond acceptors (Lipinski definition) is 4. The van der Waals surface area contributed by atoms with Gasteiger partial charge in [0.05, 0.1) is 12.9 Å². The maximum atomic E-state index is 11.9. The van der Waals surface area contributed by atoms with Crippen LogP contribution in [0, 0.1) is 6.92 Å². The first-order valence-corrected chi connectivity index (χ1v) is 7.50. The Balaban J connectivity index is 1.91. The van der Waals surface area contributed by atoms with E-state index in [1.807, 2.05) is 37.3 Å². The summed E-state index contributed by atoms with van der Waals surface area (Å²) in [6, 6.07) is 13.0. The predicted octanol–water partition coefficient (Wildman–Crippen LogP) is 3.32. The van der Waals surface area contributed by atoms with Gasteiger partial charge in [-0.3, -0.25) is 4.79 Å². The number of rotatable bonds is 5. The molecule has 110 valence electrons. The second kappa shape index (κ2) is 7.04. The lowest BCUT2D eigenvalue weighted by molar-refractivity contribution is -0.113. The van der Waals surface area contributed by atoms with Gasteiger partial charge < -0.3 is 15.8 Å². The first-order chi connectivity index (χ1) is 10.1. The number of aryl methyl sites for hydroxylation is 1. The lowest BCUT2D eigenvalue weighted by Crippen LogP contribution is -2.14. The molecule has 1 amide bonds. The molecule has 0 fully saturated rings. The Bertz CT molecular complexity index is 627. The Morgan fingerprint density at radius 3 is 2.62 bits per heavy atom. The number of carbonyl (C=O) groups excluding carboxylic acids is 1. The summed E-state index contributed by atoms with van der Waals surface area (Å²) in [6.45, 7) is 1.96. The number of ether oxygens (including phenoxy) is 1. The van der Waals surface area contributed by atoms with E-state index in [0.29, 0.717) is 5.75 Å². The summed E-state index contributed by atoms with van der Waals surface area (Å²) >= 11 is 1.43. The summed E-state index contributed by atoms with van der Waals surface area (Å²) in [5, 5.41) is 2.84. The molecule has 2 aromatic rings. The number of methoxy groups -OCH3 is 1. The normalized spacial score (nSPS) is 10.2. The molecule has 0 atom stereocenters. The third kappa shape index (κ3) is 4.16. The number of carbonyl (C=O) groups is 1. The number of nitrogens with one attached hydrogen (secondary N) is 1. The molecule has 0 radical (unpaired) electrons. The van der Waals surface area contributed by atoms with Crippen LogP contribution in [-0.2, 0) is 4.79 Å². The van der Waals surface area contributed by atoms with Crippen LogP contribution in [0.15, 0.2) is 47.4 Å². The number of amides is 1. The molecule has 0 aliphatic rings. The van der Waals surface area contributed by atoms with Crippen LogP contribution in [0.5, 0.6) is 5.75 Å². The van der Waals surface area contributed by atoms with E-state index in [9.17, 15) is 4.79 Å². The molecule has 0 unspecified atom stereocenters. The Hall–Kier alpha value is -2.14. The number of anilines is 2. The van der Waals surface area contributed by atoms with Crippen molar-refractivity contribution in [1.82, 2.24) is 0 Å². The molecule has 4 nitrogen and oxygen atoms in total. The monoisotopic (exact) mass is 302 g/mol. The first-order valence-electron chi connectivity index (χ1n) is 6.52. The minimum atomic E-state index is -0.0638. The highest BCUT2D eigenvalue weighted by Gasteiger charge is 2.07. The van der Waals surface area contributed by atoms with Crippen LogP contribution in [0.4, 0.5) is 11.4 Å². The fourth-order valence-electron chi connectivity index (χ4n) is 1.79. The van der Waals surface area contributed by atoms with Crippen LogP contribution >= 0.6 is 11.8 Å². The highest BCUT2D eigenvalue weighted by molar-refractivity contribution is 8.00. The molecular formula is C16H18N2O2S. The van der Waals surface area contributed by atoms with E-state index < -0.39 is 0 Å². The van der Waals surface area contributed by atoms with Gasteiger partial charge in [-0.05, 0) is 42.8 Å². The van der Waals surface area contributed by atoms with Gasteiger partial charge in [0.25, 0.3) is 0 Å². The van der Waals surface area contributed by atoms with Gasteiger partial charge in [0.1, 0.15) is 5.75 Å². The number of nitrogen functional groups attached to an aromatic ring is 1. The van der Waals surface area contributed by atoms with Crippen LogP contribution in [-0.4, -0.2) is 18.8 Å². The molecule has 21 heavy (non-hydrogen) atoms. The molecule has 2 rings (SSSR count). The highest BCUT2D eigenvalue weighted by Crippen LogP contribution is 2.27. The minimum absolute atomic E-state index is 0.0638. The standard InChI is InChI=1S/C16H18N2O2S/c1-11-4-3-5-14(16(11)17)21-10-15(19)18-12-6-8-13(20-2)9-7-12/h3-9H,10,17H2,1-2H3,(H,18,19). The summed E-state index contributed by atoms with van der Waals surface area (Å²) in [7, 11) is 1.61. The molecular weight excluding hydrogens is 284 g/mol. The van der Waals surface area contributed by atoms with Gasteiger partial charge in [-0.15, -0.1) is 11.8 Å². The van der Waals surface area contributed by atoms with Crippen molar-refractivity contribution in [3.05, 3.63) is 48.0 Å². The molecule has 0 saturated heterocycles. The Kier molecular flexibility index (Phi) is 5.11. The van der Waals surface area contributed by atoms with Crippen molar-refractivity contribution in [3.8, 4) is 5.75 Å². The van der Waals surface area contributed by atoms with Crippen LogP contribution in [0.2, 0.25) is 0 Å². The number of benzene rings is 2. The van der Waals surface area contributed by atoms with Crippen molar-refractivity contribution in [3.63, 3.8) is 0 Å². The molecule has 0 aliphatic carbocycles. The molecule has 2 aromatic carbocycles. The fraction of sp³-hybridized carbons (Fsp3) is 0.188. The number of para-hydroxylation sites is 1. The lowest BCUT2D eigenvalue weighted by atomic mass is 10.2. The topological polar surface area (TPSA) is 64.3 Å². The molecule has 0 aliphatic heterocycles. The summed E-state index contributed by atoms with van der Waals surface area (Å²) in [5.74, 6) is 1.01. The van der Waals surface area contributed by atoms with Crippen molar-refractivity contribution in [1.29, 1.82) is 0 Å². The zero-order chi connectivity index (χ0) is 15.2. The van der Waals surface area contributed by atoms with E-state index >= 15 is 0 Å². The third-order valence-corrected chi connectivity index (χ3v) is 4.09. The molecule has 3 N–H and O–H groups in total. The lowest BCUT2D eigenvalue weighted by Gasteiger charge is -2.09. The number of hydrogen-bond donors (Lipinski definition) is 2. The average molecular weight is 302 g/mol. The Morgan fingerprint density at radius 2 is 1.95 bits per heavy atom. The second-order valence-corrected chi connectivity index (χ2v) is 5.57. The fourth-order valence-corrected chi connectivity index (χ4v) is 2.64. The average Bonchev–Trinajstić information content (AvgIpc) is 2.49. The van der Waals surface area contributed by atoms with E-state index in [0.717, 1.165) is 27.6 Å². The van der Waals surface area contributed by atoms with E-state index in [2.05, 4.69) is 5.32 Å². The predicted molar refractivity (Wildman–Crippen MR) is 87.9 cm³/mol. The van der Waals surface area contributed by atoms with Crippen LogP contribution in [0.3, 0.4) is 0 Å². The molecule has 0 aromatic heterocycles. The van der Waals surface area contributed by atoms with Gasteiger partial charge in [0.15, 0.2) is 0 Å². The zero-order valence-corrected chi connectivity index (χ0v) is 12.9. The smallest absolute Gasteiger partial charge is 0.234 e. The Morgan fingerprint density at radius 1 is 1.24 bits per heavy atom. The number of nitrogens with two attached hydrogens (primary N) is 1. The van der Waals surface area contributed by atoms with Gasteiger partial charge in [-0.1, -0.05) is 12.1 Å². The summed E-state index contributed by atoms with van der Waals surface area (Å²) in [4.78, 5) is 12.9. The van der Waals surface area contributed by atoms with Gasteiger partial charge in [-0.2, -0.15) is 0 Å². The van der Waals surface area contributed by atoms with Crippen LogP contribution < -0.4 is 15.8 Å². The highest BCUT2D eigenvalue weighted by atomic mass is 32.2. The summed E-state index contributed by atoms with van der Waals surface area (Å²) in [5.41, 5.74) is 8.50. The number of thioether (sulfide) groups is 1.